The molecule has 5 nitrogen and oxygen atoms in total. The smallest absolute Gasteiger partial charge is 0.307 e. The molecule has 0 fully saturated rings. The van der Waals surface area contributed by atoms with Crippen LogP contribution in [0, 0.1) is 0 Å². The summed E-state index contributed by atoms with van der Waals surface area (Å²) in [6, 6.07) is 21.0. The second-order valence-corrected chi connectivity index (χ2v) is 6.60. The lowest BCUT2D eigenvalue weighted by Crippen LogP contribution is -2.19. The van der Waals surface area contributed by atoms with Gasteiger partial charge in [-0.25, -0.2) is 4.79 Å². The van der Waals surface area contributed by atoms with Crippen LogP contribution in [-0.2, 0) is 6.54 Å². The number of aromatic nitrogens is 2. The Hall–Kier alpha value is -3.31. The van der Waals surface area contributed by atoms with Crippen molar-refractivity contribution in [3.05, 3.63) is 89.7 Å². The average molecular weight is 377 g/mol. The van der Waals surface area contributed by atoms with Crippen molar-refractivity contribution in [2.75, 3.05) is 10.6 Å². The predicted octanol–water partition coefficient (Wildman–Crippen LogP) is 5.38. The second-order valence-electron chi connectivity index (χ2n) is 6.16. The molecule has 3 aromatic carbocycles. The van der Waals surface area contributed by atoms with Crippen molar-refractivity contribution in [1.82, 2.24) is 9.78 Å². The van der Waals surface area contributed by atoms with E-state index < -0.39 is 0 Å². The highest BCUT2D eigenvalue weighted by Gasteiger charge is 2.07. The molecule has 2 amide bonds. The minimum atomic E-state index is -0.308. The Balaban J connectivity index is 1.42. The van der Waals surface area contributed by atoms with Gasteiger partial charge < -0.3 is 10.6 Å². The number of hydrogen-bond donors (Lipinski definition) is 2. The predicted molar refractivity (Wildman–Crippen MR) is 109 cm³/mol. The average Bonchev–Trinajstić information content (AvgIpc) is 3.10. The Kier molecular flexibility index (Phi) is 4.77. The summed E-state index contributed by atoms with van der Waals surface area (Å²) in [6.07, 6.45) is 3.41. The lowest BCUT2D eigenvalue weighted by molar-refractivity contribution is 0.262. The number of hydrogen-bond acceptors (Lipinski definition) is 2. The first-order valence-electron chi connectivity index (χ1n) is 8.50. The van der Waals surface area contributed by atoms with Crippen LogP contribution >= 0.6 is 11.6 Å². The van der Waals surface area contributed by atoms with E-state index in [1.165, 1.54) is 0 Å². The standard InChI is InChI=1S/C21H17ClN4O/c22-17-10-8-15(9-11-17)13-26-14-18(12-23-26)24-21(27)25-20-7-3-5-16-4-1-2-6-19(16)20/h1-12,14H,13H2,(H2,24,25,27). The summed E-state index contributed by atoms with van der Waals surface area (Å²) in [5.74, 6) is 0. The highest BCUT2D eigenvalue weighted by molar-refractivity contribution is 6.30. The van der Waals surface area contributed by atoms with Gasteiger partial charge in [-0.1, -0.05) is 60.1 Å². The molecule has 0 aliphatic heterocycles. The molecule has 1 aromatic heterocycles. The van der Waals surface area contributed by atoms with E-state index in [0.29, 0.717) is 17.3 Å². The van der Waals surface area contributed by atoms with Gasteiger partial charge in [0, 0.05) is 16.6 Å². The Bertz CT molecular complexity index is 1080. The van der Waals surface area contributed by atoms with Crippen LogP contribution in [0.15, 0.2) is 79.1 Å². The first-order chi connectivity index (χ1) is 13.2. The van der Waals surface area contributed by atoms with Crippen LogP contribution in [0.5, 0.6) is 0 Å². The van der Waals surface area contributed by atoms with Crippen molar-refractivity contribution in [2.24, 2.45) is 0 Å². The van der Waals surface area contributed by atoms with E-state index in [-0.39, 0.29) is 6.03 Å². The summed E-state index contributed by atoms with van der Waals surface area (Å²) in [6.45, 7) is 0.601. The maximum Gasteiger partial charge on any atom is 0.323 e. The third-order valence-corrected chi connectivity index (χ3v) is 4.44. The van der Waals surface area contributed by atoms with Gasteiger partial charge in [-0.3, -0.25) is 4.68 Å². The number of amides is 2. The molecule has 6 heteroatoms. The van der Waals surface area contributed by atoms with E-state index in [1.807, 2.05) is 66.7 Å². The normalized spacial score (nSPS) is 10.7. The Morgan fingerprint density at radius 1 is 0.963 bits per heavy atom. The van der Waals surface area contributed by atoms with Gasteiger partial charge in [-0.05, 0) is 29.1 Å². The van der Waals surface area contributed by atoms with Crippen LogP contribution in [-0.4, -0.2) is 15.8 Å². The monoisotopic (exact) mass is 376 g/mol. The summed E-state index contributed by atoms with van der Waals surface area (Å²) in [7, 11) is 0. The lowest BCUT2D eigenvalue weighted by Gasteiger charge is -2.09. The number of benzene rings is 3. The zero-order chi connectivity index (χ0) is 18.6. The third kappa shape index (κ3) is 4.10. The molecule has 0 radical (unpaired) electrons. The van der Waals surface area contributed by atoms with Gasteiger partial charge in [-0.2, -0.15) is 5.10 Å². The zero-order valence-electron chi connectivity index (χ0n) is 14.4. The quantitative estimate of drug-likeness (QED) is 0.502. The fourth-order valence-electron chi connectivity index (χ4n) is 2.91. The number of nitrogens with zero attached hydrogens (tertiary/aromatic N) is 2. The molecular weight excluding hydrogens is 360 g/mol. The van der Waals surface area contributed by atoms with Gasteiger partial charge >= 0.3 is 6.03 Å². The molecule has 134 valence electrons. The molecule has 0 saturated carbocycles. The largest absolute Gasteiger partial charge is 0.323 e. The molecule has 2 N–H and O–H groups in total. The fourth-order valence-corrected chi connectivity index (χ4v) is 3.04. The van der Waals surface area contributed by atoms with Crippen molar-refractivity contribution >= 4 is 39.8 Å². The molecule has 0 bridgehead atoms. The number of urea groups is 1. The number of carbonyl (C=O) groups is 1. The second kappa shape index (κ2) is 7.51. The molecule has 0 unspecified atom stereocenters. The summed E-state index contributed by atoms with van der Waals surface area (Å²) in [5, 5.41) is 12.8. The van der Waals surface area contributed by atoms with Gasteiger partial charge in [0.25, 0.3) is 0 Å². The van der Waals surface area contributed by atoms with Gasteiger partial charge in [0.05, 0.1) is 24.1 Å². The third-order valence-electron chi connectivity index (χ3n) is 4.19. The van der Waals surface area contributed by atoms with Crippen molar-refractivity contribution in [3.8, 4) is 0 Å². The number of halogens is 1. The lowest BCUT2D eigenvalue weighted by atomic mass is 10.1. The summed E-state index contributed by atoms with van der Waals surface area (Å²) in [4.78, 5) is 12.4. The first kappa shape index (κ1) is 17.1. The Morgan fingerprint density at radius 3 is 2.59 bits per heavy atom. The highest BCUT2D eigenvalue weighted by Crippen LogP contribution is 2.23. The van der Waals surface area contributed by atoms with E-state index in [4.69, 9.17) is 11.6 Å². The van der Waals surface area contributed by atoms with Crippen molar-refractivity contribution in [1.29, 1.82) is 0 Å². The maximum atomic E-state index is 12.4. The number of rotatable bonds is 4. The van der Waals surface area contributed by atoms with Crippen LogP contribution in [0.25, 0.3) is 10.8 Å². The van der Waals surface area contributed by atoms with Gasteiger partial charge in [0.15, 0.2) is 0 Å². The fraction of sp³-hybridized carbons (Fsp3) is 0.0476. The van der Waals surface area contributed by atoms with Crippen LogP contribution in [0.1, 0.15) is 5.56 Å². The first-order valence-corrected chi connectivity index (χ1v) is 8.88. The molecule has 27 heavy (non-hydrogen) atoms. The minimum Gasteiger partial charge on any atom is -0.307 e. The summed E-state index contributed by atoms with van der Waals surface area (Å²) in [5.41, 5.74) is 2.47. The van der Waals surface area contributed by atoms with Crippen LogP contribution in [0.3, 0.4) is 0 Å². The van der Waals surface area contributed by atoms with Crippen molar-refractivity contribution in [2.45, 2.75) is 6.54 Å². The molecular formula is C21H17ClN4O. The molecule has 0 saturated heterocycles. The molecule has 0 aliphatic carbocycles. The van der Waals surface area contributed by atoms with Crippen molar-refractivity contribution < 1.29 is 4.79 Å². The molecule has 0 aliphatic rings. The van der Waals surface area contributed by atoms with E-state index >= 15 is 0 Å². The van der Waals surface area contributed by atoms with Crippen LogP contribution in [0.4, 0.5) is 16.2 Å². The minimum absolute atomic E-state index is 0.308. The van der Waals surface area contributed by atoms with E-state index in [0.717, 1.165) is 22.0 Å². The number of anilines is 2. The molecule has 0 atom stereocenters. The molecule has 4 rings (SSSR count). The summed E-state index contributed by atoms with van der Waals surface area (Å²) >= 11 is 5.90. The van der Waals surface area contributed by atoms with Gasteiger partial charge in [0.1, 0.15) is 0 Å². The molecule has 4 aromatic rings. The molecule has 0 spiro atoms. The van der Waals surface area contributed by atoms with E-state index in [2.05, 4.69) is 15.7 Å². The van der Waals surface area contributed by atoms with Crippen molar-refractivity contribution in [3.63, 3.8) is 0 Å². The number of carbonyl (C=O) groups excluding carboxylic acids is 1. The Labute approximate surface area is 161 Å². The van der Waals surface area contributed by atoms with E-state index in [9.17, 15) is 4.79 Å². The molecule has 1 heterocycles. The van der Waals surface area contributed by atoms with Gasteiger partial charge in [-0.15, -0.1) is 0 Å². The Morgan fingerprint density at radius 2 is 1.74 bits per heavy atom. The maximum absolute atomic E-state index is 12.4. The van der Waals surface area contributed by atoms with Crippen LogP contribution < -0.4 is 10.6 Å². The summed E-state index contributed by atoms with van der Waals surface area (Å²) < 4.78 is 1.76. The van der Waals surface area contributed by atoms with E-state index in [1.54, 1.807) is 17.1 Å². The number of nitrogens with one attached hydrogen (secondary N) is 2. The topological polar surface area (TPSA) is 59.0 Å². The zero-order valence-corrected chi connectivity index (χ0v) is 15.1. The number of fused-ring (bicyclic) bond motifs is 1. The highest BCUT2D eigenvalue weighted by atomic mass is 35.5. The van der Waals surface area contributed by atoms with Gasteiger partial charge in [0.2, 0.25) is 0 Å². The van der Waals surface area contributed by atoms with Crippen LogP contribution in [0.2, 0.25) is 5.02 Å². The SMILES string of the molecule is O=C(Nc1cnn(Cc2ccc(Cl)cc2)c1)Nc1cccc2ccccc12.